The Balaban J connectivity index is 0. The first-order valence-electron chi connectivity index (χ1n) is 2.96. The summed E-state index contributed by atoms with van der Waals surface area (Å²) in [5.74, 6) is 0. The molecule has 3 nitrogen and oxygen atoms in total. The van der Waals surface area contributed by atoms with Crippen molar-refractivity contribution in [2.75, 3.05) is 13.3 Å². The van der Waals surface area contributed by atoms with Gasteiger partial charge in [-0.3, -0.25) is 9.71 Å². The predicted molar refractivity (Wildman–Crippen MR) is 50.4 cm³/mol. The summed E-state index contributed by atoms with van der Waals surface area (Å²) in [5, 5.41) is 0. The van der Waals surface area contributed by atoms with Crippen LogP contribution in [0.2, 0.25) is 0 Å². The molecule has 0 aliphatic carbocycles. The minimum atomic E-state index is 0. The Hall–Kier alpha value is -0.580. The van der Waals surface area contributed by atoms with Crippen LogP contribution in [0.15, 0.2) is 30.6 Å². The zero-order valence-electron chi connectivity index (χ0n) is 6.74. The number of aromatic nitrogens is 1. The molecule has 64 valence electrons. The van der Waals surface area contributed by atoms with E-state index >= 15 is 0 Å². The number of nitrogens with zero attached hydrogens (tertiary/aromatic N) is 1. The van der Waals surface area contributed by atoms with Gasteiger partial charge in [0.05, 0.1) is 0 Å². The lowest BCUT2D eigenvalue weighted by Crippen LogP contribution is -1.85. The van der Waals surface area contributed by atoms with Gasteiger partial charge in [0.25, 0.3) is 0 Å². The summed E-state index contributed by atoms with van der Waals surface area (Å²) in [6.07, 6.45) is 5.49. The van der Waals surface area contributed by atoms with E-state index in [1.807, 2.05) is 31.5 Å². The van der Waals surface area contributed by atoms with Gasteiger partial charge in [0, 0.05) is 12.4 Å². The van der Waals surface area contributed by atoms with Gasteiger partial charge in [0.1, 0.15) is 0 Å². The van der Waals surface area contributed by atoms with Crippen LogP contribution in [0.5, 0.6) is 0 Å². The molecule has 1 aromatic rings. The molecule has 3 N–H and O–H groups in total. The Morgan fingerprint density at radius 1 is 1.18 bits per heavy atom. The van der Waals surface area contributed by atoms with Crippen molar-refractivity contribution in [1.82, 2.24) is 9.71 Å². The highest BCUT2D eigenvalue weighted by atomic mass is 32.2. The molecule has 0 aromatic carbocycles. The average Bonchev–Trinajstić information content (AvgIpc) is 2.08. The molecule has 0 aliphatic rings. The lowest BCUT2D eigenvalue weighted by Gasteiger charge is -1.75. The largest absolute Gasteiger partial charge is 0.412 e. The van der Waals surface area contributed by atoms with Crippen LogP contribution >= 0.6 is 11.9 Å². The summed E-state index contributed by atoms with van der Waals surface area (Å²) in [4.78, 5) is 3.78. The standard InChI is InChI=1S/C5H5N.C2H7NS.H2O/c1-2-4-6-5-3-1;1-3-4-2;/h1-5H;3H,1-2H3;1H2. The molecule has 0 atom stereocenters. The third kappa shape index (κ3) is 12.6. The molecule has 1 aromatic heterocycles. The molecule has 0 spiro atoms. The van der Waals surface area contributed by atoms with Gasteiger partial charge in [-0.25, -0.2) is 0 Å². The molecule has 0 fully saturated rings. The van der Waals surface area contributed by atoms with Crippen molar-refractivity contribution in [3.05, 3.63) is 30.6 Å². The first-order valence-corrected chi connectivity index (χ1v) is 4.19. The van der Waals surface area contributed by atoms with E-state index in [-0.39, 0.29) is 5.48 Å². The van der Waals surface area contributed by atoms with Gasteiger partial charge >= 0.3 is 0 Å². The lowest BCUT2D eigenvalue weighted by atomic mass is 10.5. The molecule has 4 heteroatoms. The van der Waals surface area contributed by atoms with Gasteiger partial charge in [0.2, 0.25) is 0 Å². The summed E-state index contributed by atoms with van der Waals surface area (Å²) < 4.78 is 2.85. The maximum atomic E-state index is 3.78. The van der Waals surface area contributed by atoms with Crippen LogP contribution in [-0.2, 0) is 0 Å². The van der Waals surface area contributed by atoms with E-state index in [0.717, 1.165) is 0 Å². The van der Waals surface area contributed by atoms with Crippen LogP contribution in [0.4, 0.5) is 0 Å². The van der Waals surface area contributed by atoms with Crippen molar-refractivity contribution >= 4 is 11.9 Å². The molecule has 0 bridgehead atoms. The fraction of sp³-hybridized carbons (Fsp3) is 0.286. The normalized spacial score (nSPS) is 7.09. The first-order chi connectivity index (χ1) is 4.91. The van der Waals surface area contributed by atoms with E-state index in [0.29, 0.717) is 0 Å². The molecule has 0 saturated heterocycles. The van der Waals surface area contributed by atoms with Crippen LogP contribution in [0.25, 0.3) is 0 Å². The van der Waals surface area contributed by atoms with Crippen LogP contribution in [0, 0.1) is 0 Å². The van der Waals surface area contributed by atoms with Crippen LogP contribution in [0.1, 0.15) is 0 Å². The summed E-state index contributed by atoms with van der Waals surface area (Å²) in [6, 6.07) is 5.72. The molecular weight excluding hydrogens is 160 g/mol. The number of hydrogen-bond acceptors (Lipinski definition) is 3. The van der Waals surface area contributed by atoms with Gasteiger partial charge in [0.15, 0.2) is 0 Å². The predicted octanol–water partition coefficient (Wildman–Crippen LogP) is 0.741. The maximum absolute atomic E-state index is 3.78. The monoisotopic (exact) mass is 174 g/mol. The molecule has 0 unspecified atom stereocenters. The maximum Gasteiger partial charge on any atom is 0.0267 e. The van der Waals surface area contributed by atoms with E-state index in [4.69, 9.17) is 0 Å². The van der Waals surface area contributed by atoms with Gasteiger partial charge in [-0.2, -0.15) is 0 Å². The van der Waals surface area contributed by atoms with Crippen LogP contribution in [-0.4, -0.2) is 23.8 Å². The Kier molecular flexibility index (Phi) is 14.4. The molecule has 0 radical (unpaired) electrons. The number of pyridine rings is 1. The molecule has 0 aliphatic heterocycles. The van der Waals surface area contributed by atoms with E-state index in [2.05, 4.69) is 9.71 Å². The van der Waals surface area contributed by atoms with Gasteiger partial charge < -0.3 is 5.48 Å². The quantitative estimate of drug-likeness (QED) is 0.639. The second-order valence-electron chi connectivity index (χ2n) is 1.43. The Morgan fingerprint density at radius 3 is 1.73 bits per heavy atom. The van der Waals surface area contributed by atoms with Crippen molar-refractivity contribution in [2.24, 2.45) is 0 Å². The van der Waals surface area contributed by atoms with Crippen molar-refractivity contribution in [1.29, 1.82) is 0 Å². The van der Waals surface area contributed by atoms with Crippen molar-refractivity contribution in [2.45, 2.75) is 0 Å². The van der Waals surface area contributed by atoms with E-state index < -0.39 is 0 Å². The summed E-state index contributed by atoms with van der Waals surface area (Å²) >= 11 is 1.61. The second-order valence-corrected chi connectivity index (χ2v) is 2.25. The minimum Gasteiger partial charge on any atom is -0.412 e. The molecule has 0 saturated carbocycles. The first kappa shape index (κ1) is 13.0. The van der Waals surface area contributed by atoms with Gasteiger partial charge in [-0.1, -0.05) is 18.0 Å². The average molecular weight is 174 g/mol. The number of nitrogens with one attached hydrogen (secondary N) is 1. The van der Waals surface area contributed by atoms with Crippen molar-refractivity contribution in [3.63, 3.8) is 0 Å². The van der Waals surface area contributed by atoms with Crippen LogP contribution in [0.3, 0.4) is 0 Å². The second kappa shape index (κ2) is 12.1. The zero-order chi connectivity index (χ0) is 7.66. The summed E-state index contributed by atoms with van der Waals surface area (Å²) in [7, 11) is 1.89. The van der Waals surface area contributed by atoms with Gasteiger partial charge in [-0.05, 0) is 25.4 Å². The van der Waals surface area contributed by atoms with Crippen molar-refractivity contribution < 1.29 is 5.48 Å². The smallest absolute Gasteiger partial charge is 0.0267 e. The molecule has 11 heavy (non-hydrogen) atoms. The molecular formula is C7H14N2OS. The zero-order valence-corrected chi connectivity index (χ0v) is 7.56. The molecule has 1 rings (SSSR count). The van der Waals surface area contributed by atoms with Gasteiger partial charge in [-0.15, -0.1) is 0 Å². The van der Waals surface area contributed by atoms with Crippen LogP contribution < -0.4 is 4.72 Å². The molecule has 1 heterocycles. The number of rotatable bonds is 1. The van der Waals surface area contributed by atoms with E-state index in [1.54, 1.807) is 24.3 Å². The molecule has 0 amide bonds. The Labute approximate surface area is 71.7 Å². The summed E-state index contributed by atoms with van der Waals surface area (Å²) in [6.45, 7) is 0. The van der Waals surface area contributed by atoms with E-state index in [9.17, 15) is 0 Å². The third-order valence-electron chi connectivity index (χ3n) is 0.771. The Morgan fingerprint density at radius 2 is 1.64 bits per heavy atom. The fourth-order valence-corrected chi connectivity index (χ4v) is 0.313. The topological polar surface area (TPSA) is 56.4 Å². The third-order valence-corrected chi connectivity index (χ3v) is 1.18. The number of hydrogen-bond donors (Lipinski definition) is 1. The highest BCUT2D eigenvalue weighted by Gasteiger charge is 1.58. The fourth-order valence-electron chi connectivity index (χ4n) is 0.313. The van der Waals surface area contributed by atoms with Crippen molar-refractivity contribution in [3.8, 4) is 0 Å². The lowest BCUT2D eigenvalue weighted by molar-refractivity contribution is 0.824. The summed E-state index contributed by atoms with van der Waals surface area (Å²) in [5.41, 5.74) is 0. The highest BCUT2D eigenvalue weighted by molar-refractivity contribution is 7.96. The Bertz CT molecular complexity index is 108. The minimum absolute atomic E-state index is 0. The SMILES string of the molecule is CNSC.O.c1ccncc1. The van der Waals surface area contributed by atoms with E-state index in [1.165, 1.54) is 0 Å². The highest BCUT2D eigenvalue weighted by Crippen LogP contribution is 1.73.